The minimum atomic E-state index is 1.08. The average molecular weight is 541 g/mol. The van der Waals surface area contributed by atoms with Gasteiger partial charge in [0.15, 0.2) is 0 Å². The third kappa shape index (κ3) is 4.57. The molecule has 0 atom stereocenters. The Morgan fingerprint density at radius 1 is 0.405 bits per heavy atom. The summed E-state index contributed by atoms with van der Waals surface area (Å²) in [6.45, 7) is 4.00. The summed E-state index contributed by atoms with van der Waals surface area (Å²) in [4.78, 5) is 0. The highest BCUT2D eigenvalue weighted by Crippen LogP contribution is 2.37. The molecule has 202 valence electrons. The van der Waals surface area contributed by atoms with Crippen LogP contribution < -0.4 is 5.32 Å². The van der Waals surface area contributed by atoms with Gasteiger partial charge < -0.3 is 9.88 Å². The number of nitrogens with zero attached hydrogens (tertiary/aromatic N) is 1. The molecule has 0 spiro atoms. The van der Waals surface area contributed by atoms with E-state index < -0.39 is 0 Å². The van der Waals surface area contributed by atoms with Crippen molar-refractivity contribution in [2.24, 2.45) is 0 Å². The second-order valence-electron chi connectivity index (χ2n) is 10.4. The topological polar surface area (TPSA) is 17.0 Å². The molecule has 8 aromatic rings. The van der Waals surface area contributed by atoms with E-state index in [1.165, 1.54) is 54.5 Å². The molecule has 0 fully saturated rings. The van der Waals surface area contributed by atoms with Gasteiger partial charge in [0.1, 0.15) is 0 Å². The first-order chi connectivity index (χ1) is 20.8. The Kier molecular flexibility index (Phi) is 6.65. The fourth-order valence-electron chi connectivity index (χ4n) is 5.94. The Labute approximate surface area is 246 Å². The molecule has 0 amide bonds. The molecule has 1 aromatic heterocycles. The lowest BCUT2D eigenvalue weighted by atomic mass is 9.99. The molecule has 7 aromatic carbocycles. The number of benzene rings is 7. The van der Waals surface area contributed by atoms with Gasteiger partial charge in [-0.3, -0.25) is 0 Å². The first-order valence-electron chi connectivity index (χ1n) is 14.7. The van der Waals surface area contributed by atoms with Crippen LogP contribution in [0.1, 0.15) is 13.8 Å². The number of para-hydroxylation sites is 1. The van der Waals surface area contributed by atoms with E-state index in [-0.39, 0.29) is 0 Å². The number of nitrogens with one attached hydrogen (secondary N) is 1. The van der Waals surface area contributed by atoms with Gasteiger partial charge in [0, 0.05) is 27.8 Å². The van der Waals surface area contributed by atoms with Crippen LogP contribution in [0, 0.1) is 0 Å². The molecule has 1 N–H and O–H groups in total. The van der Waals surface area contributed by atoms with Crippen LogP contribution in [0.5, 0.6) is 0 Å². The molecule has 0 aliphatic heterocycles. The molecule has 8 rings (SSSR count). The van der Waals surface area contributed by atoms with Crippen molar-refractivity contribution in [2.45, 2.75) is 13.8 Å². The summed E-state index contributed by atoms with van der Waals surface area (Å²) >= 11 is 0. The van der Waals surface area contributed by atoms with Crippen molar-refractivity contribution in [3.8, 4) is 16.8 Å². The Balaban J connectivity index is 0.00000141. The highest BCUT2D eigenvalue weighted by Gasteiger charge is 2.14. The molecule has 0 saturated carbocycles. The van der Waals surface area contributed by atoms with Crippen LogP contribution in [-0.2, 0) is 0 Å². The molecule has 0 radical (unpaired) electrons. The van der Waals surface area contributed by atoms with Crippen LogP contribution in [-0.4, -0.2) is 4.57 Å². The van der Waals surface area contributed by atoms with Crippen LogP contribution in [0.15, 0.2) is 152 Å². The summed E-state index contributed by atoms with van der Waals surface area (Å²) in [5.74, 6) is 0. The molecule has 2 heteroatoms. The largest absolute Gasteiger partial charge is 0.355 e. The van der Waals surface area contributed by atoms with E-state index in [1.54, 1.807) is 0 Å². The van der Waals surface area contributed by atoms with Crippen LogP contribution in [0.2, 0.25) is 0 Å². The highest BCUT2D eigenvalue weighted by molar-refractivity contribution is 6.11. The van der Waals surface area contributed by atoms with E-state index in [4.69, 9.17) is 0 Å². The van der Waals surface area contributed by atoms with Gasteiger partial charge in [-0.25, -0.2) is 0 Å². The van der Waals surface area contributed by atoms with Crippen molar-refractivity contribution in [1.82, 2.24) is 4.57 Å². The van der Waals surface area contributed by atoms with Crippen molar-refractivity contribution in [2.75, 3.05) is 5.32 Å². The first-order valence-corrected chi connectivity index (χ1v) is 14.7. The van der Waals surface area contributed by atoms with Gasteiger partial charge in [0.25, 0.3) is 0 Å². The molecule has 0 saturated heterocycles. The van der Waals surface area contributed by atoms with E-state index in [0.717, 1.165) is 17.1 Å². The smallest absolute Gasteiger partial charge is 0.0542 e. The standard InChI is InChI=1S/C38H26N2.C2H6/c1-2-12-34(13-3-1)40-37-20-17-31(30-15-14-26-8-4-6-10-28(26)22-30)24-35(37)36-25-33(19-21-38(36)40)39-32-18-16-27-9-5-7-11-29(27)23-32;1-2/h1-25,39H;1-2H3. The molecule has 0 aliphatic rings. The Morgan fingerprint density at radius 2 is 0.905 bits per heavy atom. The van der Waals surface area contributed by atoms with E-state index >= 15 is 0 Å². The Morgan fingerprint density at radius 3 is 1.64 bits per heavy atom. The van der Waals surface area contributed by atoms with E-state index in [1.807, 2.05) is 13.8 Å². The maximum atomic E-state index is 3.66. The Hall–Kier alpha value is -5.34. The predicted molar refractivity (Wildman–Crippen MR) is 182 cm³/mol. The van der Waals surface area contributed by atoms with Crippen molar-refractivity contribution in [3.05, 3.63) is 152 Å². The summed E-state index contributed by atoms with van der Waals surface area (Å²) in [6, 6.07) is 54.5. The third-order valence-corrected chi connectivity index (χ3v) is 7.90. The number of rotatable bonds is 4. The van der Waals surface area contributed by atoms with Crippen molar-refractivity contribution < 1.29 is 0 Å². The lowest BCUT2D eigenvalue weighted by Gasteiger charge is -2.10. The van der Waals surface area contributed by atoms with Gasteiger partial charge in [-0.1, -0.05) is 105 Å². The number of fused-ring (bicyclic) bond motifs is 5. The van der Waals surface area contributed by atoms with Crippen LogP contribution in [0.4, 0.5) is 11.4 Å². The summed E-state index contributed by atoms with van der Waals surface area (Å²) < 4.78 is 2.37. The minimum absolute atomic E-state index is 1.08. The molecule has 0 unspecified atom stereocenters. The van der Waals surface area contributed by atoms with Crippen molar-refractivity contribution in [1.29, 1.82) is 0 Å². The van der Waals surface area contributed by atoms with Crippen LogP contribution in [0.25, 0.3) is 60.2 Å². The molecule has 0 aliphatic carbocycles. The summed E-state index contributed by atoms with van der Waals surface area (Å²) in [6.07, 6.45) is 0. The zero-order valence-corrected chi connectivity index (χ0v) is 23.9. The number of hydrogen-bond donors (Lipinski definition) is 1. The second kappa shape index (κ2) is 10.9. The molecular formula is C40H32N2. The number of anilines is 2. The predicted octanol–water partition coefficient (Wildman–Crippen LogP) is 11.5. The SMILES string of the molecule is CC.c1ccc(-n2c3ccc(Nc4ccc5ccccc5c4)cc3c3cc(-c4ccc5ccccc5c4)ccc32)cc1. The van der Waals surface area contributed by atoms with Gasteiger partial charge in [0.05, 0.1) is 11.0 Å². The van der Waals surface area contributed by atoms with Gasteiger partial charge in [-0.05, 0) is 93.3 Å². The molecular weight excluding hydrogens is 508 g/mol. The normalized spacial score (nSPS) is 11.1. The number of hydrogen-bond acceptors (Lipinski definition) is 1. The fraction of sp³-hybridized carbons (Fsp3) is 0.0500. The average Bonchev–Trinajstić information content (AvgIpc) is 3.39. The van der Waals surface area contributed by atoms with Gasteiger partial charge >= 0.3 is 0 Å². The minimum Gasteiger partial charge on any atom is -0.355 e. The van der Waals surface area contributed by atoms with Crippen molar-refractivity contribution >= 4 is 54.7 Å². The number of aromatic nitrogens is 1. The molecule has 1 heterocycles. The van der Waals surface area contributed by atoms with Gasteiger partial charge in [-0.2, -0.15) is 0 Å². The molecule has 0 bridgehead atoms. The summed E-state index contributed by atoms with van der Waals surface area (Å²) in [5.41, 5.74) is 8.17. The maximum absolute atomic E-state index is 3.66. The highest BCUT2D eigenvalue weighted by atomic mass is 15.0. The lowest BCUT2D eigenvalue weighted by Crippen LogP contribution is -1.94. The van der Waals surface area contributed by atoms with Gasteiger partial charge in [0.2, 0.25) is 0 Å². The first kappa shape index (κ1) is 25.6. The van der Waals surface area contributed by atoms with E-state index in [9.17, 15) is 0 Å². The molecule has 2 nitrogen and oxygen atoms in total. The zero-order valence-electron chi connectivity index (χ0n) is 23.9. The van der Waals surface area contributed by atoms with Crippen LogP contribution >= 0.6 is 0 Å². The van der Waals surface area contributed by atoms with Crippen molar-refractivity contribution in [3.63, 3.8) is 0 Å². The Bertz CT molecular complexity index is 2190. The second-order valence-corrected chi connectivity index (χ2v) is 10.4. The summed E-state index contributed by atoms with van der Waals surface area (Å²) in [5, 5.41) is 11.1. The lowest BCUT2D eigenvalue weighted by molar-refractivity contribution is 1.18. The fourth-order valence-corrected chi connectivity index (χ4v) is 5.94. The summed E-state index contributed by atoms with van der Waals surface area (Å²) in [7, 11) is 0. The van der Waals surface area contributed by atoms with Gasteiger partial charge in [-0.15, -0.1) is 0 Å². The monoisotopic (exact) mass is 540 g/mol. The quantitative estimate of drug-likeness (QED) is 0.235. The zero-order chi connectivity index (χ0) is 28.5. The van der Waals surface area contributed by atoms with E-state index in [2.05, 4.69) is 162 Å². The van der Waals surface area contributed by atoms with Crippen LogP contribution in [0.3, 0.4) is 0 Å². The molecule has 42 heavy (non-hydrogen) atoms. The third-order valence-electron chi connectivity index (χ3n) is 7.90. The van der Waals surface area contributed by atoms with E-state index in [0.29, 0.717) is 0 Å². The maximum Gasteiger partial charge on any atom is 0.0542 e.